The van der Waals surface area contributed by atoms with Crippen LogP contribution in [-0.2, 0) is 0 Å². The molecule has 0 aliphatic rings. The Balaban J connectivity index is 0.972. The lowest BCUT2D eigenvalue weighted by Gasteiger charge is -2.10. The van der Waals surface area contributed by atoms with Gasteiger partial charge < -0.3 is 8.98 Å². The van der Waals surface area contributed by atoms with Gasteiger partial charge in [0.05, 0.1) is 11.0 Å². The second-order valence-electron chi connectivity index (χ2n) is 14.6. The van der Waals surface area contributed by atoms with Crippen LogP contribution in [0.2, 0.25) is 0 Å². The van der Waals surface area contributed by atoms with E-state index in [-0.39, 0.29) is 0 Å². The molecule has 2 nitrogen and oxygen atoms in total. The predicted molar refractivity (Wildman–Crippen MR) is 235 cm³/mol. The van der Waals surface area contributed by atoms with Gasteiger partial charge >= 0.3 is 0 Å². The molecule has 0 saturated heterocycles. The molecule has 262 valence electrons. The topological polar surface area (TPSA) is 18.1 Å². The molecule has 2 heterocycles. The molecule has 9 aromatic carbocycles. The van der Waals surface area contributed by atoms with E-state index in [1.165, 1.54) is 71.9 Å². The molecule has 11 rings (SSSR count). The van der Waals surface area contributed by atoms with Gasteiger partial charge in [-0.15, -0.1) is 0 Å². The minimum Gasteiger partial charge on any atom is -0.456 e. The van der Waals surface area contributed by atoms with Crippen molar-refractivity contribution < 1.29 is 4.42 Å². The predicted octanol–water partition coefficient (Wildman–Crippen LogP) is 15.0. The Morgan fingerprint density at radius 1 is 0.250 bits per heavy atom. The molecule has 56 heavy (non-hydrogen) atoms. The van der Waals surface area contributed by atoms with E-state index in [1.807, 2.05) is 0 Å². The normalized spacial score (nSPS) is 11.6. The molecule has 2 heteroatoms. The van der Waals surface area contributed by atoms with Gasteiger partial charge in [-0.3, -0.25) is 0 Å². The molecule has 2 aromatic heterocycles. The molecule has 0 bridgehead atoms. The lowest BCUT2D eigenvalue weighted by molar-refractivity contribution is 0.669. The molecular formula is C54H35NO. The number of furan rings is 1. The van der Waals surface area contributed by atoms with Gasteiger partial charge in [0, 0.05) is 27.2 Å². The van der Waals surface area contributed by atoms with Crippen molar-refractivity contribution in [2.24, 2.45) is 0 Å². The molecule has 0 radical (unpaired) electrons. The van der Waals surface area contributed by atoms with Crippen LogP contribution in [-0.4, -0.2) is 4.57 Å². The summed E-state index contributed by atoms with van der Waals surface area (Å²) < 4.78 is 8.82. The van der Waals surface area contributed by atoms with Crippen molar-refractivity contribution in [1.29, 1.82) is 0 Å². The van der Waals surface area contributed by atoms with Crippen molar-refractivity contribution in [2.75, 3.05) is 0 Å². The Morgan fingerprint density at radius 3 is 1.27 bits per heavy atom. The first-order chi connectivity index (χ1) is 27.7. The van der Waals surface area contributed by atoms with Crippen LogP contribution in [0.15, 0.2) is 217 Å². The Kier molecular flexibility index (Phi) is 7.53. The fourth-order valence-corrected chi connectivity index (χ4v) is 8.41. The van der Waals surface area contributed by atoms with Gasteiger partial charge in [-0.05, 0) is 122 Å². The average Bonchev–Trinajstić information content (AvgIpc) is 3.81. The van der Waals surface area contributed by atoms with Gasteiger partial charge in [0.25, 0.3) is 0 Å². The van der Waals surface area contributed by atoms with E-state index in [4.69, 9.17) is 4.42 Å². The van der Waals surface area contributed by atoms with Crippen LogP contribution in [0.1, 0.15) is 0 Å². The maximum absolute atomic E-state index is 6.43. The van der Waals surface area contributed by atoms with Crippen molar-refractivity contribution in [1.82, 2.24) is 4.57 Å². The van der Waals surface area contributed by atoms with Crippen molar-refractivity contribution in [3.63, 3.8) is 0 Å². The summed E-state index contributed by atoms with van der Waals surface area (Å²) in [6.45, 7) is 0. The lowest BCUT2D eigenvalue weighted by atomic mass is 9.94. The molecule has 0 amide bonds. The highest BCUT2D eigenvalue weighted by Gasteiger charge is 2.16. The fraction of sp³-hybridized carbons (Fsp3) is 0. The second-order valence-corrected chi connectivity index (χ2v) is 14.6. The fourth-order valence-electron chi connectivity index (χ4n) is 8.41. The van der Waals surface area contributed by atoms with Crippen LogP contribution in [0.4, 0.5) is 0 Å². The molecule has 0 spiro atoms. The zero-order valence-electron chi connectivity index (χ0n) is 30.6. The summed E-state index contributed by atoms with van der Waals surface area (Å²) in [7, 11) is 0. The summed E-state index contributed by atoms with van der Waals surface area (Å²) in [4.78, 5) is 0. The number of rotatable bonds is 6. The number of para-hydroxylation sites is 1. The van der Waals surface area contributed by atoms with Crippen LogP contribution in [0, 0.1) is 0 Å². The molecule has 0 aliphatic carbocycles. The van der Waals surface area contributed by atoms with Crippen LogP contribution in [0.3, 0.4) is 0 Å². The molecular weight excluding hydrogens is 679 g/mol. The summed E-state index contributed by atoms with van der Waals surface area (Å²) in [5, 5.41) is 4.70. The van der Waals surface area contributed by atoms with Gasteiger partial charge in [-0.2, -0.15) is 0 Å². The van der Waals surface area contributed by atoms with E-state index in [9.17, 15) is 0 Å². The van der Waals surface area contributed by atoms with Crippen molar-refractivity contribution >= 4 is 43.7 Å². The van der Waals surface area contributed by atoms with Crippen LogP contribution in [0.5, 0.6) is 0 Å². The number of hydrogen-bond donors (Lipinski definition) is 0. The maximum atomic E-state index is 6.43. The first kappa shape index (κ1) is 32.0. The smallest absolute Gasteiger partial charge is 0.135 e. The molecule has 0 N–H and O–H groups in total. The largest absolute Gasteiger partial charge is 0.456 e. The standard InChI is InChI=1S/C54H35NO/c1-3-12-36(13-4-1)38-16-9-17-39(30-38)40-18-10-19-41(31-40)42-20-11-21-43(32-42)45-25-28-53-49(34-45)50-35-46(26-29-54(50)56-53)55-51-23-8-7-22-47(51)48-33-44(24-27-52(48)55)37-14-5-2-6-15-37/h1-35H. The first-order valence-electron chi connectivity index (χ1n) is 19.2. The van der Waals surface area contributed by atoms with E-state index in [0.29, 0.717) is 0 Å². The Hall–Kier alpha value is -7.42. The second kappa shape index (κ2) is 13.2. The van der Waals surface area contributed by atoms with E-state index in [1.54, 1.807) is 0 Å². The molecule has 0 unspecified atom stereocenters. The lowest BCUT2D eigenvalue weighted by Crippen LogP contribution is -1.93. The Bertz CT molecular complexity index is 3240. The van der Waals surface area contributed by atoms with E-state index >= 15 is 0 Å². The molecule has 0 fully saturated rings. The van der Waals surface area contributed by atoms with Gasteiger partial charge in [0.1, 0.15) is 11.2 Å². The summed E-state index contributed by atoms with van der Waals surface area (Å²) in [6.07, 6.45) is 0. The SMILES string of the molecule is c1ccc(-c2cccc(-c3cccc(-c4cccc(-c5ccc6oc7ccc(-n8c9ccccc9c9cc(-c%10ccccc%10)ccc98)cc7c6c5)c4)c3)c2)cc1. The summed E-state index contributed by atoms with van der Waals surface area (Å²) >= 11 is 0. The summed E-state index contributed by atoms with van der Waals surface area (Å²) in [6, 6.07) is 76.4. The van der Waals surface area contributed by atoms with Crippen LogP contribution >= 0.6 is 0 Å². The molecule has 0 saturated carbocycles. The molecule has 0 atom stereocenters. The van der Waals surface area contributed by atoms with Gasteiger partial charge in [-0.25, -0.2) is 0 Å². The van der Waals surface area contributed by atoms with Gasteiger partial charge in [-0.1, -0.05) is 146 Å². The molecule has 0 aliphatic heterocycles. The zero-order valence-corrected chi connectivity index (χ0v) is 30.6. The minimum atomic E-state index is 0.884. The minimum absolute atomic E-state index is 0.884. The third-order valence-electron chi connectivity index (χ3n) is 11.2. The third kappa shape index (κ3) is 5.51. The van der Waals surface area contributed by atoms with Crippen molar-refractivity contribution in [3.05, 3.63) is 212 Å². The average molecular weight is 714 g/mol. The molecule has 11 aromatic rings. The maximum Gasteiger partial charge on any atom is 0.135 e. The summed E-state index contributed by atoms with van der Waals surface area (Å²) in [5.41, 5.74) is 17.2. The van der Waals surface area contributed by atoms with E-state index < -0.39 is 0 Å². The van der Waals surface area contributed by atoms with Crippen molar-refractivity contribution in [2.45, 2.75) is 0 Å². The van der Waals surface area contributed by atoms with Crippen LogP contribution < -0.4 is 0 Å². The Labute approximate surface area is 325 Å². The van der Waals surface area contributed by atoms with Crippen LogP contribution in [0.25, 0.3) is 105 Å². The number of aromatic nitrogens is 1. The van der Waals surface area contributed by atoms with Gasteiger partial charge in [0.15, 0.2) is 0 Å². The van der Waals surface area contributed by atoms with Gasteiger partial charge in [0.2, 0.25) is 0 Å². The number of hydrogen-bond acceptors (Lipinski definition) is 1. The number of nitrogens with zero attached hydrogens (tertiary/aromatic N) is 1. The van der Waals surface area contributed by atoms with E-state index in [0.717, 1.165) is 33.2 Å². The zero-order chi connectivity index (χ0) is 37.0. The number of fused-ring (bicyclic) bond motifs is 6. The van der Waals surface area contributed by atoms with Crippen molar-refractivity contribution in [3.8, 4) is 61.3 Å². The number of benzene rings is 9. The first-order valence-corrected chi connectivity index (χ1v) is 19.2. The monoisotopic (exact) mass is 713 g/mol. The summed E-state index contributed by atoms with van der Waals surface area (Å²) in [5.74, 6) is 0. The van der Waals surface area contributed by atoms with E-state index in [2.05, 4.69) is 217 Å². The Morgan fingerprint density at radius 2 is 0.661 bits per heavy atom. The highest BCUT2D eigenvalue weighted by atomic mass is 16.3. The quantitative estimate of drug-likeness (QED) is 0.168. The third-order valence-corrected chi connectivity index (χ3v) is 11.2. The highest BCUT2D eigenvalue weighted by molar-refractivity contribution is 6.12. The highest BCUT2D eigenvalue weighted by Crippen LogP contribution is 2.39.